The lowest BCUT2D eigenvalue weighted by molar-refractivity contribution is -0.127. The van der Waals surface area contributed by atoms with Gasteiger partial charge in [0.2, 0.25) is 0 Å². The van der Waals surface area contributed by atoms with Gasteiger partial charge in [-0.2, -0.15) is 0 Å². The molecule has 0 spiro atoms. The third kappa shape index (κ3) is 3.91. The smallest absolute Gasteiger partial charge is 0.261 e. The fourth-order valence-corrected chi connectivity index (χ4v) is 2.66. The Labute approximate surface area is 151 Å². The van der Waals surface area contributed by atoms with Crippen molar-refractivity contribution in [2.45, 2.75) is 19.1 Å². The molecule has 0 saturated carbocycles. The number of rotatable bonds is 6. The number of hydrogen-bond donors (Lipinski definition) is 1. The fourth-order valence-electron chi connectivity index (χ4n) is 2.66. The molecule has 2 unspecified atom stereocenters. The molecule has 0 aliphatic heterocycles. The summed E-state index contributed by atoms with van der Waals surface area (Å²) in [4.78, 5) is 16.9. The van der Waals surface area contributed by atoms with E-state index in [-0.39, 0.29) is 5.91 Å². The molecule has 2 aromatic carbocycles. The molecule has 1 N–H and O–H groups in total. The minimum absolute atomic E-state index is 0.349. The molecule has 0 saturated heterocycles. The highest BCUT2D eigenvalue weighted by Crippen LogP contribution is 2.23. The highest BCUT2D eigenvalue weighted by Gasteiger charge is 2.26. The van der Waals surface area contributed by atoms with Gasteiger partial charge in [0, 0.05) is 25.0 Å². The molecule has 0 radical (unpaired) electrons. The van der Waals surface area contributed by atoms with Crippen LogP contribution in [0.4, 0.5) is 4.39 Å². The average molecular weight is 353 g/mol. The summed E-state index contributed by atoms with van der Waals surface area (Å²) in [5, 5.41) is 2.85. The van der Waals surface area contributed by atoms with Crippen LogP contribution in [-0.2, 0) is 11.8 Å². The first-order valence-electron chi connectivity index (χ1n) is 8.30. The van der Waals surface area contributed by atoms with Crippen LogP contribution in [0.1, 0.15) is 24.4 Å². The van der Waals surface area contributed by atoms with Gasteiger partial charge in [-0.3, -0.25) is 4.79 Å². The van der Waals surface area contributed by atoms with E-state index in [2.05, 4.69) is 10.3 Å². The fraction of sp³-hybridized carbons (Fsp3) is 0.200. The SMILES string of the molecule is CC(Oc1ccccc1)C(=O)NC(c1ccccc1F)c1nccn1C. The van der Waals surface area contributed by atoms with Crippen LogP contribution in [0, 0.1) is 5.82 Å². The van der Waals surface area contributed by atoms with Gasteiger partial charge >= 0.3 is 0 Å². The maximum Gasteiger partial charge on any atom is 0.261 e. The maximum atomic E-state index is 14.3. The minimum Gasteiger partial charge on any atom is -0.481 e. The Morgan fingerprint density at radius 2 is 1.85 bits per heavy atom. The number of halogens is 1. The van der Waals surface area contributed by atoms with E-state index in [0.29, 0.717) is 17.1 Å². The first-order chi connectivity index (χ1) is 12.6. The number of imidazole rings is 1. The number of amides is 1. The maximum absolute atomic E-state index is 14.3. The van der Waals surface area contributed by atoms with E-state index in [0.717, 1.165) is 0 Å². The standard InChI is InChI=1S/C20H20FN3O2/c1-14(26-15-8-4-3-5-9-15)20(25)23-18(19-22-12-13-24(19)2)16-10-6-7-11-17(16)21/h3-14,18H,1-2H3,(H,23,25). The van der Waals surface area contributed by atoms with Gasteiger partial charge in [0.15, 0.2) is 6.10 Å². The third-order valence-electron chi connectivity index (χ3n) is 4.04. The third-order valence-corrected chi connectivity index (χ3v) is 4.04. The quantitative estimate of drug-likeness (QED) is 0.740. The Morgan fingerprint density at radius 1 is 1.15 bits per heavy atom. The number of para-hydroxylation sites is 1. The summed E-state index contributed by atoms with van der Waals surface area (Å²) in [6, 6.07) is 14.7. The van der Waals surface area contributed by atoms with E-state index >= 15 is 0 Å². The van der Waals surface area contributed by atoms with Crippen molar-refractivity contribution >= 4 is 5.91 Å². The van der Waals surface area contributed by atoms with Crippen molar-refractivity contribution in [1.82, 2.24) is 14.9 Å². The summed E-state index contributed by atoms with van der Waals surface area (Å²) < 4.78 is 21.7. The van der Waals surface area contributed by atoms with E-state index in [9.17, 15) is 9.18 Å². The molecular weight excluding hydrogens is 333 g/mol. The van der Waals surface area contributed by atoms with Gasteiger partial charge < -0.3 is 14.6 Å². The van der Waals surface area contributed by atoms with Crippen molar-refractivity contribution in [3.63, 3.8) is 0 Å². The van der Waals surface area contributed by atoms with E-state index in [4.69, 9.17) is 4.74 Å². The molecule has 0 aliphatic carbocycles. The van der Waals surface area contributed by atoms with Crippen LogP contribution in [0.3, 0.4) is 0 Å². The number of carbonyl (C=O) groups is 1. The largest absolute Gasteiger partial charge is 0.481 e. The Kier molecular flexibility index (Phi) is 5.31. The van der Waals surface area contributed by atoms with Crippen LogP contribution in [0.15, 0.2) is 67.0 Å². The number of nitrogens with one attached hydrogen (secondary N) is 1. The van der Waals surface area contributed by atoms with Crippen LogP contribution < -0.4 is 10.1 Å². The second-order valence-corrected chi connectivity index (χ2v) is 5.93. The zero-order valence-corrected chi connectivity index (χ0v) is 14.6. The summed E-state index contributed by atoms with van der Waals surface area (Å²) in [5.41, 5.74) is 0.349. The van der Waals surface area contributed by atoms with Crippen LogP contribution in [0.25, 0.3) is 0 Å². The van der Waals surface area contributed by atoms with Crippen LogP contribution in [0.2, 0.25) is 0 Å². The average Bonchev–Trinajstić information content (AvgIpc) is 3.07. The highest BCUT2D eigenvalue weighted by molar-refractivity contribution is 5.81. The molecule has 134 valence electrons. The molecule has 6 heteroatoms. The Hall–Kier alpha value is -3.15. The number of benzene rings is 2. The van der Waals surface area contributed by atoms with Gasteiger partial charge in [0.25, 0.3) is 5.91 Å². The zero-order chi connectivity index (χ0) is 18.5. The summed E-state index contributed by atoms with van der Waals surface area (Å²) in [7, 11) is 1.80. The van der Waals surface area contributed by atoms with E-state index in [1.54, 1.807) is 61.3 Å². The van der Waals surface area contributed by atoms with E-state index < -0.39 is 18.0 Å². The lowest BCUT2D eigenvalue weighted by Crippen LogP contribution is -2.40. The molecular formula is C20H20FN3O2. The molecule has 0 fully saturated rings. The number of nitrogens with zero attached hydrogens (tertiary/aromatic N) is 2. The van der Waals surface area contributed by atoms with Gasteiger partial charge in [-0.25, -0.2) is 9.37 Å². The summed E-state index contributed by atoms with van der Waals surface area (Å²) in [5.74, 6) is 0.368. The van der Waals surface area contributed by atoms with Crippen molar-refractivity contribution in [1.29, 1.82) is 0 Å². The summed E-state index contributed by atoms with van der Waals surface area (Å²) in [6.45, 7) is 1.65. The molecule has 5 nitrogen and oxygen atoms in total. The second-order valence-electron chi connectivity index (χ2n) is 5.93. The number of aryl methyl sites for hydroxylation is 1. The van der Waals surface area contributed by atoms with Crippen molar-refractivity contribution < 1.29 is 13.9 Å². The molecule has 1 aromatic heterocycles. The molecule has 3 aromatic rings. The van der Waals surface area contributed by atoms with Crippen molar-refractivity contribution in [2.75, 3.05) is 0 Å². The van der Waals surface area contributed by atoms with Gasteiger partial charge in [-0.05, 0) is 25.1 Å². The van der Waals surface area contributed by atoms with Crippen molar-refractivity contribution in [2.24, 2.45) is 7.05 Å². The van der Waals surface area contributed by atoms with Crippen LogP contribution in [0.5, 0.6) is 5.75 Å². The van der Waals surface area contributed by atoms with Gasteiger partial charge in [0.05, 0.1) is 0 Å². The normalized spacial score (nSPS) is 13.0. The van der Waals surface area contributed by atoms with Crippen LogP contribution >= 0.6 is 0 Å². The van der Waals surface area contributed by atoms with Gasteiger partial charge in [-0.15, -0.1) is 0 Å². The molecule has 26 heavy (non-hydrogen) atoms. The van der Waals surface area contributed by atoms with E-state index in [1.165, 1.54) is 6.07 Å². The highest BCUT2D eigenvalue weighted by atomic mass is 19.1. The molecule has 3 rings (SSSR count). The predicted molar refractivity (Wildman–Crippen MR) is 96.1 cm³/mol. The topological polar surface area (TPSA) is 56.1 Å². The zero-order valence-electron chi connectivity index (χ0n) is 14.6. The molecule has 2 atom stereocenters. The predicted octanol–water partition coefficient (Wildman–Crippen LogP) is 3.23. The number of aromatic nitrogens is 2. The lowest BCUT2D eigenvalue weighted by atomic mass is 10.0. The first kappa shape index (κ1) is 17.7. The number of ether oxygens (including phenoxy) is 1. The van der Waals surface area contributed by atoms with Crippen LogP contribution in [-0.4, -0.2) is 21.6 Å². The number of hydrogen-bond acceptors (Lipinski definition) is 3. The Balaban J connectivity index is 1.83. The van der Waals surface area contributed by atoms with Gasteiger partial charge in [0.1, 0.15) is 23.4 Å². The second kappa shape index (κ2) is 7.82. The van der Waals surface area contributed by atoms with Crippen molar-refractivity contribution in [3.8, 4) is 5.75 Å². The Morgan fingerprint density at radius 3 is 2.50 bits per heavy atom. The van der Waals surface area contributed by atoms with Crippen molar-refractivity contribution in [3.05, 3.63) is 84.2 Å². The molecule has 0 aliphatic rings. The molecule has 1 amide bonds. The lowest BCUT2D eigenvalue weighted by Gasteiger charge is -2.22. The first-order valence-corrected chi connectivity index (χ1v) is 8.30. The molecule has 0 bridgehead atoms. The monoisotopic (exact) mass is 353 g/mol. The summed E-state index contributed by atoms with van der Waals surface area (Å²) in [6.07, 6.45) is 2.62. The minimum atomic E-state index is -0.744. The summed E-state index contributed by atoms with van der Waals surface area (Å²) >= 11 is 0. The van der Waals surface area contributed by atoms with E-state index in [1.807, 2.05) is 18.2 Å². The Bertz CT molecular complexity index is 880. The van der Waals surface area contributed by atoms with Gasteiger partial charge in [-0.1, -0.05) is 36.4 Å². The molecule has 1 heterocycles. The number of carbonyl (C=O) groups excluding carboxylic acids is 1.